The molecule has 2 atom stereocenters. The summed E-state index contributed by atoms with van der Waals surface area (Å²) >= 11 is 0. The molecule has 1 rings (SSSR count). The second-order valence-corrected chi connectivity index (χ2v) is 4.55. The largest absolute Gasteiger partial charge is 0.467 e. The molecule has 0 radical (unpaired) electrons. The standard InChI is InChI=1S/C11H18N2O4/c1-6(2)5-8(10(15)17-4)13-9(14)7(3)12-11(13)16/h6-8H,5H2,1-4H3,(H,12,16)/t7?,8-/m0/s1. The summed E-state index contributed by atoms with van der Waals surface area (Å²) in [5, 5.41) is 2.48. The molecular weight excluding hydrogens is 224 g/mol. The minimum atomic E-state index is -0.836. The zero-order valence-electron chi connectivity index (χ0n) is 10.5. The zero-order valence-corrected chi connectivity index (χ0v) is 10.5. The fourth-order valence-corrected chi connectivity index (χ4v) is 1.81. The molecule has 0 aromatic heterocycles. The SMILES string of the molecule is COC(=O)[C@H](CC(C)C)N1C(=O)NC(C)C1=O. The molecule has 1 N–H and O–H groups in total. The van der Waals surface area contributed by atoms with E-state index in [4.69, 9.17) is 0 Å². The van der Waals surface area contributed by atoms with Gasteiger partial charge < -0.3 is 10.1 Å². The van der Waals surface area contributed by atoms with Crippen LogP contribution in [0.25, 0.3) is 0 Å². The summed E-state index contributed by atoms with van der Waals surface area (Å²) in [5.74, 6) is -0.766. The summed E-state index contributed by atoms with van der Waals surface area (Å²) in [6, 6.07) is -1.95. The Morgan fingerprint density at radius 3 is 2.41 bits per heavy atom. The van der Waals surface area contributed by atoms with E-state index >= 15 is 0 Å². The highest BCUT2D eigenvalue weighted by Gasteiger charge is 2.43. The highest BCUT2D eigenvalue weighted by atomic mass is 16.5. The molecule has 6 nitrogen and oxygen atoms in total. The van der Waals surface area contributed by atoms with Crippen molar-refractivity contribution in [1.82, 2.24) is 10.2 Å². The van der Waals surface area contributed by atoms with E-state index in [0.29, 0.717) is 6.42 Å². The fourth-order valence-electron chi connectivity index (χ4n) is 1.81. The Kier molecular flexibility index (Phi) is 4.09. The summed E-state index contributed by atoms with van der Waals surface area (Å²) in [6.45, 7) is 5.42. The molecule has 0 aromatic carbocycles. The molecule has 1 unspecified atom stereocenters. The molecule has 0 aromatic rings. The molecule has 17 heavy (non-hydrogen) atoms. The normalized spacial score (nSPS) is 21.7. The van der Waals surface area contributed by atoms with Crippen LogP contribution in [-0.2, 0) is 14.3 Å². The Labute approximate surface area is 100 Å². The van der Waals surface area contributed by atoms with E-state index in [2.05, 4.69) is 10.1 Å². The van der Waals surface area contributed by atoms with E-state index in [1.165, 1.54) is 7.11 Å². The van der Waals surface area contributed by atoms with E-state index in [-0.39, 0.29) is 11.8 Å². The first-order valence-electron chi connectivity index (χ1n) is 5.59. The lowest BCUT2D eigenvalue weighted by molar-refractivity contribution is -0.150. The number of rotatable bonds is 4. The van der Waals surface area contributed by atoms with Crippen molar-refractivity contribution in [3.8, 4) is 0 Å². The molecule has 96 valence electrons. The Morgan fingerprint density at radius 1 is 1.47 bits per heavy atom. The van der Waals surface area contributed by atoms with Gasteiger partial charge in [0, 0.05) is 0 Å². The van der Waals surface area contributed by atoms with Gasteiger partial charge in [-0.2, -0.15) is 0 Å². The van der Waals surface area contributed by atoms with Crippen LogP contribution in [0.1, 0.15) is 27.2 Å². The number of carbonyl (C=O) groups is 3. The van der Waals surface area contributed by atoms with E-state index in [0.717, 1.165) is 4.90 Å². The summed E-state index contributed by atoms with van der Waals surface area (Å²) in [4.78, 5) is 36.0. The van der Waals surface area contributed by atoms with Gasteiger partial charge in [0.05, 0.1) is 7.11 Å². The smallest absolute Gasteiger partial charge is 0.329 e. The molecule has 0 aliphatic carbocycles. The number of esters is 1. The van der Waals surface area contributed by atoms with Crippen molar-refractivity contribution >= 4 is 17.9 Å². The Morgan fingerprint density at radius 2 is 2.06 bits per heavy atom. The maximum Gasteiger partial charge on any atom is 0.329 e. The third-order valence-corrected chi connectivity index (χ3v) is 2.65. The van der Waals surface area contributed by atoms with Gasteiger partial charge in [-0.25, -0.2) is 14.5 Å². The summed E-state index contributed by atoms with van der Waals surface area (Å²) in [5.41, 5.74) is 0. The van der Waals surface area contributed by atoms with Crippen LogP contribution in [0.15, 0.2) is 0 Å². The van der Waals surface area contributed by atoms with Crippen LogP contribution in [0.3, 0.4) is 0 Å². The molecular formula is C11H18N2O4. The second-order valence-electron chi connectivity index (χ2n) is 4.55. The Balaban J connectivity index is 2.93. The van der Waals surface area contributed by atoms with E-state index in [1.807, 2.05) is 13.8 Å². The number of amides is 3. The van der Waals surface area contributed by atoms with Crippen LogP contribution < -0.4 is 5.32 Å². The summed E-state index contributed by atoms with van der Waals surface area (Å²) < 4.78 is 4.64. The number of hydrogen-bond acceptors (Lipinski definition) is 4. The fraction of sp³-hybridized carbons (Fsp3) is 0.727. The quantitative estimate of drug-likeness (QED) is 0.576. The van der Waals surface area contributed by atoms with Gasteiger partial charge in [-0.05, 0) is 19.3 Å². The number of hydrogen-bond donors (Lipinski definition) is 1. The molecule has 0 saturated carbocycles. The highest BCUT2D eigenvalue weighted by molar-refractivity contribution is 6.06. The van der Waals surface area contributed by atoms with Gasteiger partial charge in [0.1, 0.15) is 12.1 Å². The van der Waals surface area contributed by atoms with Crippen LogP contribution in [0.5, 0.6) is 0 Å². The van der Waals surface area contributed by atoms with E-state index < -0.39 is 24.1 Å². The van der Waals surface area contributed by atoms with E-state index in [1.54, 1.807) is 6.92 Å². The number of nitrogens with zero attached hydrogens (tertiary/aromatic N) is 1. The second kappa shape index (κ2) is 5.16. The minimum Gasteiger partial charge on any atom is -0.467 e. The molecule has 6 heteroatoms. The molecule has 1 fully saturated rings. The summed E-state index contributed by atoms with van der Waals surface area (Å²) in [6.07, 6.45) is 0.401. The minimum absolute atomic E-state index is 0.176. The topological polar surface area (TPSA) is 75.7 Å². The lowest BCUT2D eigenvalue weighted by Gasteiger charge is -2.24. The number of imide groups is 1. The van der Waals surface area contributed by atoms with Crippen molar-refractivity contribution < 1.29 is 19.1 Å². The summed E-state index contributed by atoms with van der Waals surface area (Å²) in [7, 11) is 1.25. The first-order chi connectivity index (χ1) is 7.88. The van der Waals surface area contributed by atoms with Crippen LogP contribution >= 0.6 is 0 Å². The lowest BCUT2D eigenvalue weighted by Crippen LogP contribution is -2.46. The third kappa shape index (κ3) is 2.75. The van der Waals surface area contributed by atoms with Crippen LogP contribution in [0, 0.1) is 5.92 Å². The maximum absolute atomic E-state index is 11.8. The number of urea groups is 1. The Hall–Kier alpha value is -1.59. The van der Waals surface area contributed by atoms with E-state index in [9.17, 15) is 14.4 Å². The van der Waals surface area contributed by atoms with Gasteiger partial charge in [0.15, 0.2) is 0 Å². The lowest BCUT2D eigenvalue weighted by atomic mass is 10.0. The number of nitrogens with one attached hydrogen (secondary N) is 1. The average molecular weight is 242 g/mol. The monoisotopic (exact) mass is 242 g/mol. The molecule has 1 aliphatic heterocycles. The number of ether oxygens (including phenoxy) is 1. The van der Waals surface area contributed by atoms with Crippen LogP contribution in [0.4, 0.5) is 4.79 Å². The van der Waals surface area contributed by atoms with Crippen molar-refractivity contribution in [3.05, 3.63) is 0 Å². The zero-order chi connectivity index (χ0) is 13.2. The van der Waals surface area contributed by atoms with Gasteiger partial charge in [-0.15, -0.1) is 0 Å². The molecule has 0 bridgehead atoms. The molecule has 1 heterocycles. The Bertz CT molecular complexity index is 340. The number of methoxy groups -OCH3 is 1. The third-order valence-electron chi connectivity index (χ3n) is 2.65. The molecule has 1 aliphatic rings. The van der Waals surface area contributed by atoms with Gasteiger partial charge in [0.2, 0.25) is 0 Å². The van der Waals surface area contributed by atoms with Crippen molar-refractivity contribution in [1.29, 1.82) is 0 Å². The maximum atomic E-state index is 11.8. The highest BCUT2D eigenvalue weighted by Crippen LogP contribution is 2.18. The molecule has 1 saturated heterocycles. The van der Waals surface area contributed by atoms with Gasteiger partial charge >= 0.3 is 12.0 Å². The van der Waals surface area contributed by atoms with Crippen molar-refractivity contribution in [2.75, 3.05) is 7.11 Å². The molecule has 3 amide bonds. The van der Waals surface area contributed by atoms with Gasteiger partial charge in [-0.3, -0.25) is 4.79 Å². The van der Waals surface area contributed by atoms with Crippen LogP contribution in [0.2, 0.25) is 0 Å². The van der Waals surface area contributed by atoms with Crippen molar-refractivity contribution in [3.63, 3.8) is 0 Å². The first kappa shape index (κ1) is 13.5. The van der Waals surface area contributed by atoms with Crippen molar-refractivity contribution in [2.24, 2.45) is 5.92 Å². The van der Waals surface area contributed by atoms with Crippen molar-refractivity contribution in [2.45, 2.75) is 39.3 Å². The van der Waals surface area contributed by atoms with Crippen LogP contribution in [-0.4, -0.2) is 42.0 Å². The predicted molar refractivity (Wildman–Crippen MR) is 60.1 cm³/mol. The number of carbonyl (C=O) groups excluding carboxylic acids is 3. The van der Waals surface area contributed by atoms with Gasteiger partial charge in [0.25, 0.3) is 5.91 Å². The first-order valence-corrected chi connectivity index (χ1v) is 5.59. The van der Waals surface area contributed by atoms with Gasteiger partial charge in [-0.1, -0.05) is 13.8 Å². The molecule has 0 spiro atoms. The predicted octanol–water partition coefficient (Wildman–Crippen LogP) is 0.514. The average Bonchev–Trinajstić information content (AvgIpc) is 2.49.